The predicted molar refractivity (Wildman–Crippen MR) is 88.0 cm³/mol. The molecule has 5 nitrogen and oxygen atoms in total. The monoisotopic (exact) mass is 391 g/mol. The topological polar surface area (TPSA) is 64.6 Å². The minimum absolute atomic E-state index is 0.254. The molecule has 0 spiro atoms. The van der Waals surface area contributed by atoms with E-state index < -0.39 is 23.7 Å². The molecule has 0 saturated heterocycles. The number of nitrogens with one attached hydrogen (secondary N) is 1. The normalized spacial score (nSPS) is 12.5. The van der Waals surface area contributed by atoms with Gasteiger partial charge in [0.2, 0.25) is 0 Å². The third-order valence-electron chi connectivity index (χ3n) is 2.62. The molecule has 1 unspecified atom stereocenters. The summed E-state index contributed by atoms with van der Waals surface area (Å²) in [5, 5.41) is 3.10. The molecular weight excluding hydrogens is 374 g/mol. The average Bonchev–Trinajstić information content (AvgIpc) is 2.37. The van der Waals surface area contributed by atoms with Crippen LogP contribution in [-0.2, 0) is 20.7 Å². The summed E-state index contributed by atoms with van der Waals surface area (Å²) in [6.45, 7) is 5.24. The van der Waals surface area contributed by atoms with Crippen LogP contribution in [0.15, 0.2) is 22.7 Å². The molecule has 0 aliphatic carbocycles. The van der Waals surface area contributed by atoms with Crippen molar-refractivity contribution in [2.45, 2.75) is 38.8 Å². The second-order valence-electron chi connectivity index (χ2n) is 5.66. The third-order valence-corrected chi connectivity index (χ3v) is 3.59. The SMILES string of the molecule is COC(=O)C(Cc1ccc(Cl)cc1Br)NC(=O)OC(C)(C)C. The second-order valence-corrected chi connectivity index (χ2v) is 6.95. The van der Waals surface area contributed by atoms with Crippen molar-refractivity contribution < 1.29 is 19.1 Å². The van der Waals surface area contributed by atoms with Gasteiger partial charge in [0.25, 0.3) is 0 Å². The van der Waals surface area contributed by atoms with Gasteiger partial charge in [-0.3, -0.25) is 0 Å². The van der Waals surface area contributed by atoms with E-state index in [0.29, 0.717) is 5.02 Å². The molecule has 1 rings (SSSR count). The smallest absolute Gasteiger partial charge is 0.408 e. The van der Waals surface area contributed by atoms with Gasteiger partial charge in [-0.25, -0.2) is 9.59 Å². The number of alkyl carbamates (subject to hydrolysis) is 1. The lowest BCUT2D eigenvalue weighted by molar-refractivity contribution is -0.143. The molecule has 0 bridgehead atoms. The number of benzene rings is 1. The molecular formula is C15H19BrClNO4. The third kappa shape index (κ3) is 6.23. The molecule has 22 heavy (non-hydrogen) atoms. The van der Waals surface area contributed by atoms with Crippen LogP contribution in [0.3, 0.4) is 0 Å². The molecule has 0 aromatic heterocycles. The molecule has 0 aliphatic rings. The number of hydrogen-bond acceptors (Lipinski definition) is 4. The van der Waals surface area contributed by atoms with E-state index in [1.54, 1.807) is 39.0 Å². The summed E-state index contributed by atoms with van der Waals surface area (Å²) in [4.78, 5) is 23.7. The van der Waals surface area contributed by atoms with E-state index in [-0.39, 0.29) is 6.42 Å². The minimum atomic E-state index is -0.850. The van der Waals surface area contributed by atoms with Gasteiger partial charge in [0.15, 0.2) is 0 Å². The van der Waals surface area contributed by atoms with Crippen LogP contribution in [0.2, 0.25) is 5.02 Å². The minimum Gasteiger partial charge on any atom is -0.467 e. The second kappa shape index (κ2) is 7.83. The van der Waals surface area contributed by atoms with Crippen molar-refractivity contribution in [3.05, 3.63) is 33.3 Å². The molecule has 1 atom stereocenters. The van der Waals surface area contributed by atoms with Gasteiger partial charge in [-0.2, -0.15) is 0 Å². The van der Waals surface area contributed by atoms with Gasteiger partial charge in [-0.05, 0) is 38.5 Å². The van der Waals surface area contributed by atoms with Gasteiger partial charge in [0.1, 0.15) is 11.6 Å². The van der Waals surface area contributed by atoms with Gasteiger partial charge in [-0.15, -0.1) is 0 Å². The Hall–Kier alpha value is -1.27. The number of rotatable bonds is 4. The maximum atomic E-state index is 11.9. The Kier molecular flexibility index (Phi) is 6.68. The van der Waals surface area contributed by atoms with Crippen LogP contribution in [-0.4, -0.2) is 30.8 Å². The fourth-order valence-corrected chi connectivity index (χ4v) is 2.54. The number of methoxy groups -OCH3 is 1. The van der Waals surface area contributed by atoms with Gasteiger partial charge in [0.05, 0.1) is 7.11 Å². The molecule has 7 heteroatoms. The highest BCUT2D eigenvalue weighted by atomic mass is 79.9. The lowest BCUT2D eigenvalue weighted by Crippen LogP contribution is -2.45. The summed E-state index contributed by atoms with van der Waals surface area (Å²) >= 11 is 9.27. The fourth-order valence-electron chi connectivity index (χ4n) is 1.69. The molecule has 0 radical (unpaired) electrons. The maximum absolute atomic E-state index is 11.9. The summed E-state index contributed by atoms with van der Waals surface area (Å²) in [7, 11) is 1.27. The Morgan fingerprint density at radius 2 is 2.00 bits per heavy atom. The van der Waals surface area contributed by atoms with Gasteiger partial charge in [-0.1, -0.05) is 33.6 Å². The first kappa shape index (κ1) is 18.8. The van der Waals surface area contributed by atoms with Crippen LogP contribution < -0.4 is 5.32 Å². The molecule has 0 saturated carbocycles. The van der Waals surface area contributed by atoms with Crippen molar-refractivity contribution >= 4 is 39.6 Å². The van der Waals surface area contributed by atoms with Crippen LogP contribution >= 0.6 is 27.5 Å². The van der Waals surface area contributed by atoms with Gasteiger partial charge >= 0.3 is 12.1 Å². The van der Waals surface area contributed by atoms with E-state index in [9.17, 15) is 9.59 Å². The van der Waals surface area contributed by atoms with Gasteiger partial charge in [0, 0.05) is 15.9 Å². The highest BCUT2D eigenvalue weighted by molar-refractivity contribution is 9.10. The first-order valence-electron chi connectivity index (χ1n) is 6.63. The van der Waals surface area contributed by atoms with Crippen molar-refractivity contribution in [2.24, 2.45) is 0 Å². The lowest BCUT2D eigenvalue weighted by Gasteiger charge is -2.22. The molecule has 1 amide bonds. The average molecular weight is 393 g/mol. The van der Waals surface area contributed by atoms with Crippen molar-refractivity contribution in [2.75, 3.05) is 7.11 Å². The zero-order chi connectivity index (χ0) is 16.9. The summed E-state index contributed by atoms with van der Waals surface area (Å²) < 4.78 is 10.6. The Labute approximate surface area is 143 Å². The molecule has 0 aliphatic heterocycles. The van der Waals surface area contributed by atoms with E-state index in [2.05, 4.69) is 21.2 Å². The van der Waals surface area contributed by atoms with E-state index in [4.69, 9.17) is 21.1 Å². The standard InChI is InChI=1S/C15H19BrClNO4/c1-15(2,3)22-14(20)18-12(13(19)21-4)7-9-5-6-10(17)8-11(9)16/h5-6,8,12H,7H2,1-4H3,(H,18,20). The predicted octanol–water partition coefficient (Wildman–Crippen LogP) is 3.71. The molecule has 122 valence electrons. The fraction of sp³-hybridized carbons (Fsp3) is 0.467. The summed E-state index contributed by atoms with van der Waals surface area (Å²) in [6.07, 6.45) is -0.420. The van der Waals surface area contributed by atoms with Crippen LogP contribution in [0.1, 0.15) is 26.3 Å². The molecule has 1 N–H and O–H groups in total. The number of carbonyl (C=O) groups is 2. The number of hydrogen-bond donors (Lipinski definition) is 1. The zero-order valence-corrected chi connectivity index (χ0v) is 15.2. The van der Waals surface area contributed by atoms with Gasteiger partial charge < -0.3 is 14.8 Å². The Bertz CT molecular complexity index is 557. The van der Waals surface area contributed by atoms with Crippen LogP contribution in [0.4, 0.5) is 4.79 Å². The highest BCUT2D eigenvalue weighted by Crippen LogP contribution is 2.23. The van der Waals surface area contributed by atoms with E-state index >= 15 is 0 Å². The summed E-state index contributed by atoms with van der Waals surface area (Å²) in [5.41, 5.74) is 0.168. The molecule has 0 fully saturated rings. The zero-order valence-electron chi connectivity index (χ0n) is 12.9. The van der Waals surface area contributed by atoms with Crippen molar-refractivity contribution in [3.8, 4) is 0 Å². The molecule has 1 aromatic rings. The first-order chi connectivity index (χ1) is 10.1. The number of halogens is 2. The molecule has 0 heterocycles. The van der Waals surface area contributed by atoms with Crippen molar-refractivity contribution in [1.29, 1.82) is 0 Å². The Balaban J connectivity index is 2.85. The van der Waals surface area contributed by atoms with Crippen molar-refractivity contribution in [3.63, 3.8) is 0 Å². The lowest BCUT2D eigenvalue weighted by atomic mass is 10.1. The number of ether oxygens (including phenoxy) is 2. The van der Waals surface area contributed by atoms with E-state index in [0.717, 1.165) is 10.0 Å². The highest BCUT2D eigenvalue weighted by Gasteiger charge is 2.25. The van der Waals surface area contributed by atoms with Crippen LogP contribution in [0.25, 0.3) is 0 Å². The Morgan fingerprint density at radius 3 is 2.50 bits per heavy atom. The Morgan fingerprint density at radius 1 is 1.36 bits per heavy atom. The van der Waals surface area contributed by atoms with E-state index in [1.165, 1.54) is 7.11 Å². The van der Waals surface area contributed by atoms with Crippen LogP contribution in [0.5, 0.6) is 0 Å². The summed E-state index contributed by atoms with van der Waals surface area (Å²) in [6, 6.07) is 4.36. The quantitative estimate of drug-likeness (QED) is 0.793. The largest absolute Gasteiger partial charge is 0.467 e. The first-order valence-corrected chi connectivity index (χ1v) is 7.80. The van der Waals surface area contributed by atoms with Crippen LogP contribution in [0, 0.1) is 0 Å². The number of carbonyl (C=O) groups excluding carboxylic acids is 2. The summed E-state index contributed by atoms with van der Waals surface area (Å²) in [5.74, 6) is -0.548. The maximum Gasteiger partial charge on any atom is 0.408 e. The number of amides is 1. The van der Waals surface area contributed by atoms with Crippen molar-refractivity contribution in [1.82, 2.24) is 5.32 Å². The number of esters is 1. The molecule has 1 aromatic carbocycles. The van der Waals surface area contributed by atoms with E-state index in [1.807, 2.05) is 0 Å².